The van der Waals surface area contributed by atoms with Gasteiger partial charge in [-0.05, 0) is 12.8 Å². The van der Waals surface area contributed by atoms with Crippen molar-refractivity contribution in [1.82, 2.24) is 20.0 Å². The van der Waals surface area contributed by atoms with Crippen molar-refractivity contribution in [2.24, 2.45) is 13.0 Å². The Labute approximate surface area is 118 Å². The van der Waals surface area contributed by atoms with Crippen LogP contribution in [0.1, 0.15) is 25.3 Å². The molecule has 0 aromatic carbocycles. The molecule has 1 heterocycles. The molecule has 20 heavy (non-hydrogen) atoms. The zero-order chi connectivity index (χ0) is 15.1. The van der Waals surface area contributed by atoms with E-state index in [1.54, 1.807) is 29.7 Å². The molecule has 7 heteroatoms. The quantitative estimate of drug-likeness (QED) is 0.732. The third-order valence-electron chi connectivity index (χ3n) is 3.04. The molecule has 1 atom stereocenters. The fourth-order valence-electron chi connectivity index (χ4n) is 1.76. The Morgan fingerprint density at radius 3 is 2.80 bits per heavy atom. The van der Waals surface area contributed by atoms with Gasteiger partial charge in [-0.15, -0.1) is 0 Å². The van der Waals surface area contributed by atoms with E-state index < -0.39 is 5.97 Å². The van der Waals surface area contributed by atoms with Crippen LogP contribution in [0.4, 0.5) is 4.79 Å². The Balaban J connectivity index is 2.23. The largest absolute Gasteiger partial charge is 0.481 e. The second-order valence-electron chi connectivity index (χ2n) is 4.99. The van der Waals surface area contributed by atoms with Crippen LogP contribution in [0.25, 0.3) is 0 Å². The molecule has 0 aliphatic rings. The number of carboxylic acids is 1. The van der Waals surface area contributed by atoms with Gasteiger partial charge < -0.3 is 15.3 Å². The van der Waals surface area contributed by atoms with Crippen LogP contribution >= 0.6 is 0 Å². The molecule has 0 radical (unpaired) electrons. The lowest BCUT2D eigenvalue weighted by Gasteiger charge is -2.17. The summed E-state index contributed by atoms with van der Waals surface area (Å²) >= 11 is 0. The molecular formula is C13H22N4O3. The minimum absolute atomic E-state index is 0.170. The van der Waals surface area contributed by atoms with Crippen molar-refractivity contribution in [3.8, 4) is 0 Å². The third-order valence-corrected chi connectivity index (χ3v) is 3.04. The highest BCUT2D eigenvalue weighted by Crippen LogP contribution is 2.05. The molecule has 0 saturated carbocycles. The Kier molecular flexibility index (Phi) is 6.02. The molecule has 0 aliphatic heterocycles. The number of rotatable bonds is 7. The number of aliphatic carboxylic acids is 1. The predicted molar refractivity (Wildman–Crippen MR) is 74.1 cm³/mol. The summed E-state index contributed by atoms with van der Waals surface area (Å²) in [4.78, 5) is 24.0. The van der Waals surface area contributed by atoms with Crippen LogP contribution < -0.4 is 5.32 Å². The zero-order valence-electron chi connectivity index (χ0n) is 12.2. The molecule has 0 bridgehead atoms. The van der Waals surface area contributed by atoms with Gasteiger partial charge in [-0.3, -0.25) is 9.48 Å². The highest BCUT2D eigenvalue weighted by Gasteiger charge is 2.12. The molecule has 2 amide bonds. The van der Waals surface area contributed by atoms with Gasteiger partial charge in [-0.25, -0.2) is 4.79 Å². The predicted octanol–water partition coefficient (Wildman–Crippen LogP) is 1.06. The molecule has 112 valence electrons. The molecule has 0 fully saturated rings. The van der Waals surface area contributed by atoms with E-state index in [0.717, 1.165) is 5.56 Å². The first-order valence-corrected chi connectivity index (χ1v) is 6.59. The SMILES string of the molecule is CC(CCCNC(=O)N(C)Cc1cnn(C)c1)C(=O)O. The minimum atomic E-state index is -0.801. The van der Waals surface area contributed by atoms with Crippen molar-refractivity contribution < 1.29 is 14.7 Å². The van der Waals surface area contributed by atoms with E-state index >= 15 is 0 Å². The Hall–Kier alpha value is -2.05. The lowest BCUT2D eigenvalue weighted by molar-refractivity contribution is -0.141. The first-order valence-electron chi connectivity index (χ1n) is 6.59. The van der Waals surface area contributed by atoms with Gasteiger partial charge in [0, 0.05) is 32.4 Å². The first-order chi connectivity index (χ1) is 9.40. The van der Waals surface area contributed by atoms with Gasteiger partial charge in [0.2, 0.25) is 0 Å². The number of hydrogen-bond donors (Lipinski definition) is 2. The van der Waals surface area contributed by atoms with Crippen LogP contribution in [-0.4, -0.2) is 45.4 Å². The highest BCUT2D eigenvalue weighted by molar-refractivity contribution is 5.73. The number of carbonyl (C=O) groups is 2. The smallest absolute Gasteiger partial charge is 0.317 e. The number of nitrogens with one attached hydrogen (secondary N) is 1. The standard InChI is InChI=1S/C13H22N4O3/c1-10(12(18)19)5-4-6-14-13(20)16(2)8-11-7-15-17(3)9-11/h7,9-10H,4-6,8H2,1-3H3,(H,14,20)(H,18,19). The van der Waals surface area contributed by atoms with Crippen LogP contribution in [0.2, 0.25) is 0 Å². The Bertz CT molecular complexity index is 458. The maximum atomic E-state index is 11.8. The van der Waals surface area contributed by atoms with Crippen molar-refractivity contribution in [1.29, 1.82) is 0 Å². The lowest BCUT2D eigenvalue weighted by atomic mass is 10.1. The topological polar surface area (TPSA) is 87.5 Å². The maximum Gasteiger partial charge on any atom is 0.317 e. The van der Waals surface area contributed by atoms with Crippen molar-refractivity contribution in [2.45, 2.75) is 26.3 Å². The van der Waals surface area contributed by atoms with Gasteiger partial charge in [-0.1, -0.05) is 6.92 Å². The zero-order valence-corrected chi connectivity index (χ0v) is 12.2. The summed E-state index contributed by atoms with van der Waals surface area (Å²) in [5.74, 6) is -1.18. The second kappa shape index (κ2) is 7.52. The van der Waals surface area contributed by atoms with Gasteiger partial charge in [0.1, 0.15) is 0 Å². The van der Waals surface area contributed by atoms with Crippen LogP contribution in [0, 0.1) is 5.92 Å². The molecule has 7 nitrogen and oxygen atoms in total. The van der Waals surface area contributed by atoms with E-state index in [1.807, 2.05) is 13.2 Å². The van der Waals surface area contributed by atoms with Crippen molar-refractivity contribution in [3.05, 3.63) is 18.0 Å². The highest BCUT2D eigenvalue weighted by atomic mass is 16.4. The summed E-state index contributed by atoms with van der Waals surface area (Å²) in [5, 5.41) is 15.6. The van der Waals surface area contributed by atoms with Crippen LogP contribution in [0.15, 0.2) is 12.4 Å². The van der Waals surface area contributed by atoms with Crippen molar-refractivity contribution >= 4 is 12.0 Å². The fourth-order valence-corrected chi connectivity index (χ4v) is 1.76. The minimum Gasteiger partial charge on any atom is -0.481 e. The number of carboxylic acid groups (broad SMARTS) is 1. The van der Waals surface area contributed by atoms with Crippen LogP contribution in [0.3, 0.4) is 0 Å². The number of hydrogen-bond acceptors (Lipinski definition) is 3. The van der Waals surface area contributed by atoms with E-state index in [2.05, 4.69) is 10.4 Å². The van der Waals surface area contributed by atoms with Crippen LogP contribution in [0.5, 0.6) is 0 Å². The van der Waals surface area contributed by atoms with Crippen molar-refractivity contribution in [2.75, 3.05) is 13.6 Å². The summed E-state index contributed by atoms with van der Waals surface area (Å²) in [6, 6.07) is -0.170. The van der Waals surface area contributed by atoms with E-state index in [-0.39, 0.29) is 11.9 Å². The monoisotopic (exact) mass is 282 g/mol. The molecule has 1 aromatic rings. The second-order valence-corrected chi connectivity index (χ2v) is 4.99. The molecule has 1 aromatic heterocycles. The average molecular weight is 282 g/mol. The fraction of sp³-hybridized carbons (Fsp3) is 0.615. The maximum absolute atomic E-state index is 11.8. The molecular weight excluding hydrogens is 260 g/mol. The van der Waals surface area contributed by atoms with E-state index in [9.17, 15) is 9.59 Å². The number of urea groups is 1. The molecule has 1 rings (SSSR count). The Morgan fingerprint density at radius 1 is 1.55 bits per heavy atom. The van der Waals surface area contributed by atoms with Gasteiger partial charge in [0.25, 0.3) is 0 Å². The van der Waals surface area contributed by atoms with Gasteiger partial charge >= 0.3 is 12.0 Å². The normalized spacial score (nSPS) is 11.9. The molecule has 1 unspecified atom stereocenters. The third kappa shape index (κ3) is 5.29. The van der Waals surface area contributed by atoms with Gasteiger partial charge in [0.15, 0.2) is 0 Å². The summed E-state index contributed by atoms with van der Waals surface area (Å²) in [7, 11) is 3.54. The van der Waals surface area contributed by atoms with Gasteiger partial charge in [-0.2, -0.15) is 5.10 Å². The Morgan fingerprint density at radius 2 is 2.25 bits per heavy atom. The van der Waals surface area contributed by atoms with Crippen molar-refractivity contribution in [3.63, 3.8) is 0 Å². The lowest BCUT2D eigenvalue weighted by Crippen LogP contribution is -2.37. The number of nitrogens with zero attached hydrogens (tertiary/aromatic N) is 3. The van der Waals surface area contributed by atoms with E-state index in [0.29, 0.717) is 25.9 Å². The summed E-state index contributed by atoms with van der Waals surface area (Å²) in [6.45, 7) is 2.64. The number of carbonyl (C=O) groups excluding carboxylic acids is 1. The summed E-state index contributed by atoms with van der Waals surface area (Å²) < 4.78 is 1.69. The van der Waals surface area contributed by atoms with Gasteiger partial charge in [0.05, 0.1) is 18.7 Å². The molecule has 0 aliphatic carbocycles. The summed E-state index contributed by atoms with van der Waals surface area (Å²) in [5.41, 5.74) is 0.963. The first kappa shape index (κ1) is 16.0. The molecule has 2 N–H and O–H groups in total. The molecule has 0 saturated heterocycles. The van der Waals surface area contributed by atoms with E-state index in [1.165, 1.54) is 0 Å². The average Bonchev–Trinajstić information content (AvgIpc) is 2.79. The van der Waals surface area contributed by atoms with E-state index in [4.69, 9.17) is 5.11 Å². The molecule has 0 spiro atoms. The number of aromatic nitrogens is 2. The van der Waals surface area contributed by atoms with Crippen LogP contribution in [-0.2, 0) is 18.4 Å². The summed E-state index contributed by atoms with van der Waals surface area (Å²) in [6.07, 6.45) is 4.79. The number of aryl methyl sites for hydroxylation is 1. The number of amides is 2.